The maximum Gasteiger partial charge on any atom is 0.254 e. The van der Waals surface area contributed by atoms with Gasteiger partial charge >= 0.3 is 0 Å². The van der Waals surface area contributed by atoms with E-state index in [1.165, 1.54) is 0 Å². The molecule has 0 saturated carbocycles. The zero-order valence-electron chi connectivity index (χ0n) is 15.9. The van der Waals surface area contributed by atoms with Crippen molar-refractivity contribution in [1.82, 2.24) is 14.9 Å². The Balaban J connectivity index is 1.38. The van der Waals surface area contributed by atoms with E-state index in [1.54, 1.807) is 18.0 Å². The topological polar surface area (TPSA) is 55.3 Å². The second-order valence-electron chi connectivity index (χ2n) is 6.74. The molecule has 2 heterocycles. The number of para-hydroxylation sites is 2. The summed E-state index contributed by atoms with van der Waals surface area (Å²) in [5, 5.41) is 0. The Morgan fingerprint density at radius 3 is 2.61 bits per heavy atom. The molecule has 0 aliphatic carbocycles. The highest BCUT2D eigenvalue weighted by Crippen LogP contribution is 2.25. The number of ether oxygens (including phenoxy) is 1. The van der Waals surface area contributed by atoms with E-state index in [9.17, 15) is 4.79 Å². The molecular formula is C22H23N3O2S. The number of carbonyl (C=O) groups excluding carboxylic acids is 1. The lowest BCUT2D eigenvalue weighted by atomic mass is 10.1. The van der Waals surface area contributed by atoms with Crippen LogP contribution in [0.4, 0.5) is 0 Å². The Hall–Kier alpha value is -2.60. The number of aromatic nitrogens is 2. The molecule has 1 aromatic heterocycles. The lowest BCUT2D eigenvalue weighted by molar-refractivity contribution is 0.0584. The number of fused-ring (bicyclic) bond motifs is 1. The van der Waals surface area contributed by atoms with Gasteiger partial charge in [-0.1, -0.05) is 31.2 Å². The molecule has 4 rings (SSSR count). The van der Waals surface area contributed by atoms with Crippen molar-refractivity contribution in [3.8, 4) is 5.88 Å². The van der Waals surface area contributed by atoms with Crippen LogP contribution < -0.4 is 4.74 Å². The zero-order valence-corrected chi connectivity index (χ0v) is 16.7. The smallest absolute Gasteiger partial charge is 0.254 e. The molecule has 5 nitrogen and oxygen atoms in total. The van der Waals surface area contributed by atoms with Gasteiger partial charge in [0.15, 0.2) is 0 Å². The second-order valence-corrected chi connectivity index (χ2v) is 8.04. The van der Waals surface area contributed by atoms with Crippen molar-refractivity contribution < 1.29 is 9.53 Å². The van der Waals surface area contributed by atoms with Crippen molar-refractivity contribution in [1.29, 1.82) is 0 Å². The van der Waals surface area contributed by atoms with Crippen LogP contribution in [-0.2, 0) is 0 Å². The van der Waals surface area contributed by atoms with Gasteiger partial charge < -0.3 is 9.64 Å². The molecule has 0 N–H and O–H groups in total. The van der Waals surface area contributed by atoms with Gasteiger partial charge in [0.2, 0.25) is 5.88 Å². The third-order valence-electron chi connectivity index (χ3n) is 4.86. The Kier molecular flexibility index (Phi) is 5.76. The highest BCUT2D eigenvalue weighted by atomic mass is 32.2. The largest absolute Gasteiger partial charge is 0.473 e. The van der Waals surface area contributed by atoms with Gasteiger partial charge in [-0.15, -0.1) is 11.8 Å². The first-order chi connectivity index (χ1) is 13.7. The van der Waals surface area contributed by atoms with Gasteiger partial charge in [-0.3, -0.25) is 4.79 Å². The van der Waals surface area contributed by atoms with E-state index in [4.69, 9.17) is 4.74 Å². The van der Waals surface area contributed by atoms with Gasteiger partial charge in [0.25, 0.3) is 5.91 Å². The van der Waals surface area contributed by atoms with Crippen LogP contribution in [0.25, 0.3) is 11.0 Å². The van der Waals surface area contributed by atoms with Crippen molar-refractivity contribution in [2.45, 2.75) is 30.8 Å². The van der Waals surface area contributed by atoms with Gasteiger partial charge in [0.05, 0.1) is 22.8 Å². The van der Waals surface area contributed by atoms with Gasteiger partial charge in [0.1, 0.15) is 6.10 Å². The summed E-state index contributed by atoms with van der Waals surface area (Å²) in [6.45, 7) is 3.48. The molecule has 0 bridgehead atoms. The first kappa shape index (κ1) is 18.7. The number of rotatable bonds is 5. The first-order valence-electron chi connectivity index (χ1n) is 9.64. The predicted octanol–water partition coefficient (Wildman–Crippen LogP) is 4.43. The Bertz CT molecular complexity index is 971. The summed E-state index contributed by atoms with van der Waals surface area (Å²) in [5.74, 6) is 1.61. The number of nitrogens with zero attached hydrogens (tertiary/aromatic N) is 3. The normalized spacial score (nSPS) is 15.0. The van der Waals surface area contributed by atoms with E-state index in [1.807, 2.05) is 53.4 Å². The number of benzene rings is 2. The van der Waals surface area contributed by atoms with E-state index in [0.717, 1.165) is 40.1 Å². The molecule has 2 aromatic carbocycles. The summed E-state index contributed by atoms with van der Waals surface area (Å²) in [7, 11) is 0. The molecule has 1 fully saturated rings. The number of hydrogen-bond acceptors (Lipinski definition) is 5. The maximum atomic E-state index is 13.0. The molecular weight excluding hydrogens is 370 g/mol. The standard InChI is InChI=1S/C22H23N3O2S/c1-2-28-20-10-6-3-7-17(20)22(26)25-13-11-16(12-14-25)27-21-15-23-18-8-4-5-9-19(18)24-21/h3-10,15-16H,2,11-14H2,1H3. The van der Waals surface area contributed by atoms with Crippen LogP contribution in [0.15, 0.2) is 59.6 Å². The minimum Gasteiger partial charge on any atom is -0.473 e. The van der Waals surface area contributed by atoms with E-state index in [0.29, 0.717) is 19.0 Å². The molecule has 3 aromatic rings. The summed E-state index contributed by atoms with van der Waals surface area (Å²) < 4.78 is 6.04. The number of piperidine rings is 1. The van der Waals surface area contributed by atoms with Crippen LogP contribution >= 0.6 is 11.8 Å². The summed E-state index contributed by atoms with van der Waals surface area (Å²) in [4.78, 5) is 24.9. The quantitative estimate of drug-likeness (QED) is 0.601. The summed E-state index contributed by atoms with van der Waals surface area (Å²) in [6, 6.07) is 15.6. The van der Waals surface area contributed by atoms with Crippen molar-refractivity contribution >= 4 is 28.7 Å². The van der Waals surface area contributed by atoms with Gasteiger partial charge in [0, 0.05) is 30.8 Å². The average molecular weight is 394 g/mol. The van der Waals surface area contributed by atoms with Crippen molar-refractivity contribution in [3.63, 3.8) is 0 Å². The number of carbonyl (C=O) groups is 1. The number of likely N-dealkylation sites (tertiary alicyclic amines) is 1. The average Bonchev–Trinajstić information content (AvgIpc) is 2.74. The third-order valence-corrected chi connectivity index (χ3v) is 5.82. The molecule has 28 heavy (non-hydrogen) atoms. The number of amides is 1. The molecule has 0 unspecified atom stereocenters. The van der Waals surface area contributed by atoms with Crippen molar-refractivity contribution in [2.24, 2.45) is 0 Å². The molecule has 1 amide bonds. The monoisotopic (exact) mass is 393 g/mol. The van der Waals surface area contributed by atoms with Gasteiger partial charge in [-0.05, 0) is 30.0 Å². The SMILES string of the molecule is CCSc1ccccc1C(=O)N1CCC(Oc2cnc3ccccc3n2)CC1. The maximum absolute atomic E-state index is 13.0. The molecule has 0 atom stereocenters. The highest BCUT2D eigenvalue weighted by Gasteiger charge is 2.26. The Morgan fingerprint density at radius 2 is 1.82 bits per heavy atom. The van der Waals surface area contributed by atoms with E-state index in [2.05, 4.69) is 16.9 Å². The summed E-state index contributed by atoms with van der Waals surface area (Å²) >= 11 is 1.71. The van der Waals surface area contributed by atoms with Crippen LogP contribution in [-0.4, -0.2) is 45.7 Å². The number of hydrogen-bond donors (Lipinski definition) is 0. The minimum absolute atomic E-state index is 0.0553. The van der Waals surface area contributed by atoms with Crippen LogP contribution in [0.1, 0.15) is 30.1 Å². The first-order valence-corrected chi connectivity index (χ1v) is 10.6. The fourth-order valence-electron chi connectivity index (χ4n) is 3.44. The zero-order chi connectivity index (χ0) is 19.3. The van der Waals surface area contributed by atoms with Crippen molar-refractivity contribution in [3.05, 3.63) is 60.3 Å². The van der Waals surface area contributed by atoms with Gasteiger partial charge in [-0.25, -0.2) is 9.97 Å². The second kappa shape index (κ2) is 8.61. The molecule has 0 radical (unpaired) electrons. The molecule has 144 valence electrons. The van der Waals surface area contributed by atoms with Crippen LogP contribution in [0.5, 0.6) is 5.88 Å². The van der Waals surface area contributed by atoms with Crippen molar-refractivity contribution in [2.75, 3.05) is 18.8 Å². The van der Waals surface area contributed by atoms with E-state index < -0.39 is 0 Å². The molecule has 1 aliphatic rings. The fourth-order valence-corrected chi connectivity index (χ4v) is 4.24. The predicted molar refractivity (Wildman–Crippen MR) is 112 cm³/mol. The molecule has 1 aliphatic heterocycles. The van der Waals surface area contributed by atoms with Gasteiger partial charge in [-0.2, -0.15) is 0 Å². The lowest BCUT2D eigenvalue weighted by Gasteiger charge is -2.32. The third kappa shape index (κ3) is 4.12. The van der Waals surface area contributed by atoms with Crippen LogP contribution in [0, 0.1) is 0 Å². The van der Waals surface area contributed by atoms with Crippen LogP contribution in [0.2, 0.25) is 0 Å². The Morgan fingerprint density at radius 1 is 1.11 bits per heavy atom. The van der Waals surface area contributed by atoms with E-state index >= 15 is 0 Å². The summed E-state index contributed by atoms with van der Waals surface area (Å²) in [5.41, 5.74) is 2.49. The van der Waals surface area contributed by atoms with Crippen LogP contribution in [0.3, 0.4) is 0 Å². The lowest BCUT2D eigenvalue weighted by Crippen LogP contribution is -2.42. The summed E-state index contributed by atoms with van der Waals surface area (Å²) in [6.07, 6.45) is 3.32. The Labute approximate surface area is 169 Å². The highest BCUT2D eigenvalue weighted by molar-refractivity contribution is 7.99. The molecule has 1 saturated heterocycles. The minimum atomic E-state index is 0.0553. The molecule has 6 heteroatoms. The number of thioether (sulfide) groups is 1. The fraction of sp³-hybridized carbons (Fsp3) is 0.318. The molecule has 0 spiro atoms. The van der Waals surface area contributed by atoms with E-state index in [-0.39, 0.29) is 12.0 Å².